The van der Waals surface area contributed by atoms with Gasteiger partial charge in [-0.3, -0.25) is 4.79 Å². The third-order valence-electron chi connectivity index (χ3n) is 3.55. The molecule has 24 heavy (non-hydrogen) atoms. The molecule has 4 nitrogen and oxygen atoms in total. The first kappa shape index (κ1) is 16.2. The van der Waals surface area contributed by atoms with Crippen molar-refractivity contribution in [3.63, 3.8) is 0 Å². The van der Waals surface area contributed by atoms with E-state index in [9.17, 15) is 18.0 Å². The average Bonchev–Trinajstić information content (AvgIpc) is 3.00. The first-order valence-corrected chi connectivity index (χ1v) is 7.23. The van der Waals surface area contributed by atoms with Gasteiger partial charge in [0.25, 0.3) is 0 Å². The minimum absolute atomic E-state index is 0.117. The van der Waals surface area contributed by atoms with E-state index in [0.717, 1.165) is 17.7 Å². The fourth-order valence-corrected chi connectivity index (χ4v) is 2.36. The number of ether oxygens (including phenoxy) is 2. The number of carbonyl (C=O) groups is 1. The molecule has 0 aliphatic carbocycles. The van der Waals surface area contributed by atoms with Crippen LogP contribution in [0, 0.1) is 0 Å². The number of nitrogens with one attached hydrogen (secondary N) is 1. The molecule has 2 aromatic carbocycles. The Morgan fingerprint density at radius 1 is 1.04 bits per heavy atom. The molecule has 0 atom stereocenters. The van der Waals surface area contributed by atoms with Crippen LogP contribution in [-0.2, 0) is 23.9 Å². The molecule has 1 amide bonds. The monoisotopic (exact) mass is 337 g/mol. The summed E-state index contributed by atoms with van der Waals surface area (Å²) in [6, 6.07) is 10.1. The maximum Gasteiger partial charge on any atom is 0.416 e. The lowest BCUT2D eigenvalue weighted by Gasteiger charge is -2.09. The second-order valence-electron chi connectivity index (χ2n) is 5.34. The largest absolute Gasteiger partial charge is 0.454 e. The second-order valence-corrected chi connectivity index (χ2v) is 5.34. The minimum Gasteiger partial charge on any atom is -0.454 e. The topological polar surface area (TPSA) is 47.6 Å². The fourth-order valence-electron chi connectivity index (χ4n) is 2.36. The summed E-state index contributed by atoms with van der Waals surface area (Å²) in [7, 11) is 0. The summed E-state index contributed by atoms with van der Waals surface area (Å²) in [5, 5.41) is 2.68. The Bertz CT molecular complexity index is 759. The van der Waals surface area contributed by atoms with Crippen LogP contribution in [0.2, 0.25) is 0 Å². The first-order valence-electron chi connectivity index (χ1n) is 7.23. The molecule has 0 saturated heterocycles. The SMILES string of the molecule is O=C(Cc1cccc(C(F)(F)F)c1)NCc1ccc2c(c1)OCO2. The van der Waals surface area contributed by atoms with Crippen molar-refractivity contribution in [3.05, 3.63) is 59.2 Å². The summed E-state index contributed by atoms with van der Waals surface area (Å²) >= 11 is 0. The Morgan fingerprint density at radius 3 is 2.62 bits per heavy atom. The van der Waals surface area contributed by atoms with E-state index < -0.39 is 11.7 Å². The van der Waals surface area contributed by atoms with Crippen LogP contribution in [0.4, 0.5) is 13.2 Å². The second kappa shape index (κ2) is 6.43. The third-order valence-corrected chi connectivity index (χ3v) is 3.55. The predicted octanol–water partition coefficient (Wildman–Crippen LogP) is 3.29. The van der Waals surface area contributed by atoms with Gasteiger partial charge in [-0.15, -0.1) is 0 Å². The number of carbonyl (C=O) groups excluding carboxylic acids is 1. The maximum atomic E-state index is 12.7. The zero-order valence-electron chi connectivity index (χ0n) is 12.5. The number of benzene rings is 2. The molecule has 0 radical (unpaired) electrons. The van der Waals surface area contributed by atoms with Gasteiger partial charge in [0.15, 0.2) is 11.5 Å². The van der Waals surface area contributed by atoms with E-state index in [0.29, 0.717) is 17.1 Å². The van der Waals surface area contributed by atoms with Gasteiger partial charge in [-0.25, -0.2) is 0 Å². The van der Waals surface area contributed by atoms with E-state index in [1.165, 1.54) is 12.1 Å². The molecular weight excluding hydrogens is 323 g/mol. The molecule has 2 aromatic rings. The van der Waals surface area contributed by atoms with Gasteiger partial charge in [-0.1, -0.05) is 24.3 Å². The van der Waals surface area contributed by atoms with E-state index in [4.69, 9.17) is 9.47 Å². The lowest BCUT2D eigenvalue weighted by molar-refractivity contribution is -0.137. The predicted molar refractivity (Wildman–Crippen MR) is 79.6 cm³/mol. The number of rotatable bonds is 4. The molecule has 1 N–H and O–H groups in total. The normalized spacial score (nSPS) is 13.0. The number of fused-ring (bicyclic) bond motifs is 1. The quantitative estimate of drug-likeness (QED) is 0.931. The van der Waals surface area contributed by atoms with Crippen LogP contribution in [0.3, 0.4) is 0 Å². The van der Waals surface area contributed by atoms with Crippen LogP contribution < -0.4 is 14.8 Å². The Kier molecular flexibility index (Phi) is 4.33. The van der Waals surface area contributed by atoms with Gasteiger partial charge >= 0.3 is 6.18 Å². The van der Waals surface area contributed by atoms with Crippen molar-refractivity contribution in [2.75, 3.05) is 6.79 Å². The highest BCUT2D eigenvalue weighted by Crippen LogP contribution is 2.32. The molecule has 0 fully saturated rings. The third kappa shape index (κ3) is 3.79. The molecule has 0 unspecified atom stereocenters. The van der Waals surface area contributed by atoms with Crippen LogP contribution >= 0.6 is 0 Å². The average molecular weight is 337 g/mol. The van der Waals surface area contributed by atoms with Gasteiger partial charge in [0.2, 0.25) is 12.7 Å². The van der Waals surface area contributed by atoms with Gasteiger partial charge in [0, 0.05) is 6.54 Å². The van der Waals surface area contributed by atoms with Crippen molar-refractivity contribution in [2.24, 2.45) is 0 Å². The van der Waals surface area contributed by atoms with E-state index in [1.54, 1.807) is 18.2 Å². The van der Waals surface area contributed by atoms with E-state index >= 15 is 0 Å². The Morgan fingerprint density at radius 2 is 1.83 bits per heavy atom. The highest BCUT2D eigenvalue weighted by atomic mass is 19.4. The van der Waals surface area contributed by atoms with Gasteiger partial charge in [-0.05, 0) is 29.3 Å². The van der Waals surface area contributed by atoms with Crippen LogP contribution in [0.5, 0.6) is 11.5 Å². The van der Waals surface area contributed by atoms with E-state index in [2.05, 4.69) is 5.32 Å². The van der Waals surface area contributed by atoms with Crippen molar-refractivity contribution in [1.82, 2.24) is 5.32 Å². The molecule has 0 aromatic heterocycles. The number of halogens is 3. The summed E-state index contributed by atoms with van der Waals surface area (Å²) in [5.41, 5.74) is 0.369. The molecule has 126 valence electrons. The fraction of sp³-hybridized carbons (Fsp3) is 0.235. The standard InChI is InChI=1S/C17H14F3NO3/c18-17(19,20)13-3-1-2-11(6-13)8-16(22)21-9-12-4-5-14-15(7-12)24-10-23-14/h1-7H,8-10H2,(H,21,22). The Labute approximate surface area is 136 Å². The molecule has 1 aliphatic rings. The Balaban J connectivity index is 1.58. The Hall–Kier alpha value is -2.70. The van der Waals surface area contributed by atoms with Crippen LogP contribution in [0.25, 0.3) is 0 Å². The van der Waals surface area contributed by atoms with Crippen molar-refractivity contribution in [3.8, 4) is 11.5 Å². The number of hydrogen-bond acceptors (Lipinski definition) is 3. The van der Waals surface area contributed by atoms with Crippen molar-refractivity contribution in [1.29, 1.82) is 0 Å². The molecule has 7 heteroatoms. The van der Waals surface area contributed by atoms with Gasteiger partial charge < -0.3 is 14.8 Å². The maximum absolute atomic E-state index is 12.7. The summed E-state index contributed by atoms with van der Waals surface area (Å²) in [4.78, 5) is 11.9. The molecule has 0 saturated carbocycles. The van der Waals surface area contributed by atoms with Crippen LogP contribution in [0.1, 0.15) is 16.7 Å². The summed E-state index contributed by atoms with van der Waals surface area (Å²) in [5.74, 6) is 0.903. The number of hydrogen-bond donors (Lipinski definition) is 1. The molecule has 0 bridgehead atoms. The summed E-state index contributed by atoms with van der Waals surface area (Å²) in [6.45, 7) is 0.426. The van der Waals surface area contributed by atoms with Gasteiger partial charge in [0.05, 0.1) is 12.0 Å². The summed E-state index contributed by atoms with van der Waals surface area (Å²) < 4.78 is 48.4. The smallest absolute Gasteiger partial charge is 0.416 e. The number of amides is 1. The van der Waals surface area contributed by atoms with Gasteiger partial charge in [-0.2, -0.15) is 13.2 Å². The highest BCUT2D eigenvalue weighted by Gasteiger charge is 2.30. The van der Waals surface area contributed by atoms with Crippen molar-refractivity contribution >= 4 is 5.91 Å². The lowest BCUT2D eigenvalue weighted by atomic mass is 10.1. The molecule has 1 aliphatic heterocycles. The lowest BCUT2D eigenvalue weighted by Crippen LogP contribution is -2.24. The van der Waals surface area contributed by atoms with E-state index in [-0.39, 0.29) is 25.7 Å². The first-order chi connectivity index (χ1) is 11.4. The molecular formula is C17H14F3NO3. The zero-order chi connectivity index (χ0) is 17.2. The van der Waals surface area contributed by atoms with Gasteiger partial charge in [0.1, 0.15) is 0 Å². The zero-order valence-corrected chi connectivity index (χ0v) is 12.5. The molecule has 0 spiro atoms. The van der Waals surface area contributed by atoms with E-state index in [1.807, 2.05) is 0 Å². The van der Waals surface area contributed by atoms with Crippen molar-refractivity contribution in [2.45, 2.75) is 19.1 Å². The highest BCUT2D eigenvalue weighted by molar-refractivity contribution is 5.78. The summed E-state index contributed by atoms with van der Waals surface area (Å²) in [6.07, 6.45) is -4.53. The molecule has 1 heterocycles. The minimum atomic E-state index is -4.42. The van der Waals surface area contributed by atoms with Crippen molar-refractivity contribution < 1.29 is 27.4 Å². The number of alkyl halides is 3. The molecule has 3 rings (SSSR count). The van der Waals surface area contributed by atoms with Crippen LogP contribution in [0.15, 0.2) is 42.5 Å². The van der Waals surface area contributed by atoms with Crippen LogP contribution in [-0.4, -0.2) is 12.7 Å².